The Morgan fingerprint density at radius 2 is 2.25 bits per heavy atom. The summed E-state index contributed by atoms with van der Waals surface area (Å²) in [5.74, 6) is 0.860. The average molecular weight is 227 g/mol. The zero-order valence-corrected chi connectivity index (χ0v) is 10.1. The highest BCUT2D eigenvalue weighted by atomic mass is 16.5. The highest BCUT2D eigenvalue weighted by Crippen LogP contribution is 2.40. The van der Waals surface area contributed by atoms with Crippen molar-refractivity contribution in [1.82, 2.24) is 5.32 Å². The minimum Gasteiger partial charge on any atom is -0.468 e. The maximum absolute atomic E-state index is 11.8. The predicted octanol–water partition coefficient (Wildman–Crippen LogP) is 0.954. The van der Waals surface area contributed by atoms with Crippen LogP contribution in [0.15, 0.2) is 0 Å². The maximum Gasteiger partial charge on any atom is 0.326 e. The van der Waals surface area contributed by atoms with Crippen LogP contribution in [0.5, 0.6) is 0 Å². The van der Waals surface area contributed by atoms with Crippen molar-refractivity contribution in [2.45, 2.75) is 31.7 Å². The monoisotopic (exact) mass is 227 g/mol. The normalized spacial score (nSPS) is 28.8. The fourth-order valence-corrected chi connectivity index (χ4v) is 2.36. The summed E-state index contributed by atoms with van der Waals surface area (Å²) >= 11 is 0. The third-order valence-electron chi connectivity index (χ3n) is 3.79. The zero-order valence-electron chi connectivity index (χ0n) is 10.1. The minimum absolute atomic E-state index is 0.131. The van der Waals surface area contributed by atoms with Gasteiger partial charge in [0.25, 0.3) is 0 Å². The van der Waals surface area contributed by atoms with Crippen LogP contribution in [-0.2, 0) is 14.3 Å². The molecule has 0 amide bonds. The van der Waals surface area contributed by atoms with E-state index in [1.807, 2.05) is 6.92 Å². The molecule has 0 aromatic rings. The summed E-state index contributed by atoms with van der Waals surface area (Å²) < 4.78 is 10.2. The Morgan fingerprint density at radius 3 is 2.75 bits per heavy atom. The summed E-state index contributed by atoms with van der Waals surface area (Å²) in [6, 6.07) is 0. The predicted molar refractivity (Wildman–Crippen MR) is 60.1 cm³/mol. The van der Waals surface area contributed by atoms with Gasteiger partial charge in [-0.05, 0) is 38.0 Å². The average Bonchev–Trinajstić information content (AvgIpc) is 3.03. The largest absolute Gasteiger partial charge is 0.468 e. The topological polar surface area (TPSA) is 47.6 Å². The number of rotatable bonds is 5. The summed E-state index contributed by atoms with van der Waals surface area (Å²) in [5, 5.41) is 3.40. The number of hydrogen-bond donors (Lipinski definition) is 1. The molecule has 1 aliphatic carbocycles. The van der Waals surface area contributed by atoms with E-state index in [0.717, 1.165) is 39.0 Å². The second kappa shape index (κ2) is 4.72. The molecule has 2 rings (SSSR count). The van der Waals surface area contributed by atoms with Crippen LogP contribution in [0.3, 0.4) is 0 Å². The lowest BCUT2D eigenvalue weighted by Crippen LogP contribution is -2.53. The van der Waals surface area contributed by atoms with Gasteiger partial charge in [0.15, 0.2) is 0 Å². The molecule has 16 heavy (non-hydrogen) atoms. The van der Waals surface area contributed by atoms with Crippen molar-refractivity contribution in [3.8, 4) is 0 Å². The molecule has 2 fully saturated rings. The molecule has 92 valence electrons. The van der Waals surface area contributed by atoms with Gasteiger partial charge in [-0.15, -0.1) is 0 Å². The van der Waals surface area contributed by atoms with E-state index in [1.165, 1.54) is 7.11 Å². The number of carbonyl (C=O) groups excluding carboxylic acids is 1. The number of ether oxygens (including phenoxy) is 2. The molecule has 0 bridgehead atoms. The number of hydrogen-bond acceptors (Lipinski definition) is 4. The van der Waals surface area contributed by atoms with Gasteiger partial charge in [-0.2, -0.15) is 0 Å². The highest BCUT2D eigenvalue weighted by molar-refractivity contribution is 5.81. The van der Waals surface area contributed by atoms with Gasteiger partial charge in [0, 0.05) is 13.2 Å². The van der Waals surface area contributed by atoms with E-state index >= 15 is 0 Å². The van der Waals surface area contributed by atoms with Crippen molar-refractivity contribution in [2.75, 3.05) is 26.9 Å². The molecule has 1 aliphatic heterocycles. The minimum atomic E-state index is -0.489. The first-order valence-electron chi connectivity index (χ1n) is 6.08. The van der Waals surface area contributed by atoms with E-state index in [4.69, 9.17) is 9.47 Å². The van der Waals surface area contributed by atoms with Gasteiger partial charge in [0.05, 0.1) is 13.7 Å². The molecular formula is C12H21NO3. The molecule has 2 atom stereocenters. The Labute approximate surface area is 96.7 Å². The van der Waals surface area contributed by atoms with Crippen LogP contribution in [0.1, 0.15) is 26.2 Å². The molecule has 1 saturated heterocycles. The van der Waals surface area contributed by atoms with E-state index in [-0.39, 0.29) is 5.97 Å². The Bertz CT molecular complexity index is 259. The van der Waals surface area contributed by atoms with E-state index in [1.54, 1.807) is 0 Å². The third kappa shape index (κ3) is 2.38. The summed E-state index contributed by atoms with van der Waals surface area (Å²) in [7, 11) is 1.46. The van der Waals surface area contributed by atoms with Gasteiger partial charge >= 0.3 is 5.97 Å². The molecule has 0 aromatic carbocycles. The van der Waals surface area contributed by atoms with Crippen LogP contribution in [-0.4, -0.2) is 38.4 Å². The van der Waals surface area contributed by atoms with E-state index < -0.39 is 5.54 Å². The molecule has 0 unspecified atom stereocenters. The molecule has 1 heterocycles. The van der Waals surface area contributed by atoms with Gasteiger partial charge in [-0.1, -0.05) is 0 Å². The summed E-state index contributed by atoms with van der Waals surface area (Å²) in [5.41, 5.74) is -0.489. The second-order valence-corrected chi connectivity index (χ2v) is 5.08. The van der Waals surface area contributed by atoms with Gasteiger partial charge in [0.1, 0.15) is 5.54 Å². The third-order valence-corrected chi connectivity index (χ3v) is 3.79. The Hall–Kier alpha value is -0.610. The van der Waals surface area contributed by atoms with Crippen LogP contribution in [0, 0.1) is 11.8 Å². The van der Waals surface area contributed by atoms with Crippen LogP contribution >= 0.6 is 0 Å². The number of esters is 1. The number of carbonyl (C=O) groups is 1. The van der Waals surface area contributed by atoms with Crippen molar-refractivity contribution in [2.24, 2.45) is 11.8 Å². The van der Waals surface area contributed by atoms with E-state index in [2.05, 4.69) is 5.32 Å². The number of nitrogens with one attached hydrogen (secondary N) is 1. The lowest BCUT2D eigenvalue weighted by Gasteiger charge is -2.29. The lowest BCUT2D eigenvalue weighted by molar-refractivity contribution is -0.149. The summed E-state index contributed by atoms with van der Waals surface area (Å²) in [6.07, 6.45) is 3.34. The standard InChI is InChI=1S/C12H21NO3/c1-12(10-3-4-10,11(14)15-2)13-7-9-5-6-16-8-9/h9-10,13H,3-8H2,1-2H3/t9-,12-/m0/s1. The van der Waals surface area contributed by atoms with Gasteiger partial charge in [0.2, 0.25) is 0 Å². The summed E-state index contributed by atoms with van der Waals surface area (Å²) in [6.45, 7) is 4.48. The fourth-order valence-electron chi connectivity index (χ4n) is 2.36. The number of methoxy groups -OCH3 is 1. The first-order chi connectivity index (χ1) is 7.66. The Balaban J connectivity index is 1.89. The van der Waals surface area contributed by atoms with Crippen molar-refractivity contribution < 1.29 is 14.3 Å². The first-order valence-corrected chi connectivity index (χ1v) is 6.08. The molecule has 4 nitrogen and oxygen atoms in total. The molecule has 2 aliphatic rings. The molecule has 0 spiro atoms. The smallest absolute Gasteiger partial charge is 0.326 e. The quantitative estimate of drug-likeness (QED) is 0.711. The van der Waals surface area contributed by atoms with Crippen LogP contribution in [0.2, 0.25) is 0 Å². The lowest BCUT2D eigenvalue weighted by atomic mass is 9.94. The van der Waals surface area contributed by atoms with Gasteiger partial charge in [-0.3, -0.25) is 4.79 Å². The second-order valence-electron chi connectivity index (χ2n) is 5.08. The van der Waals surface area contributed by atoms with Crippen molar-refractivity contribution >= 4 is 5.97 Å². The molecule has 0 radical (unpaired) electrons. The van der Waals surface area contributed by atoms with Gasteiger partial charge < -0.3 is 14.8 Å². The van der Waals surface area contributed by atoms with Crippen LogP contribution in [0.25, 0.3) is 0 Å². The van der Waals surface area contributed by atoms with Crippen molar-refractivity contribution in [1.29, 1.82) is 0 Å². The molecule has 1 N–H and O–H groups in total. The fraction of sp³-hybridized carbons (Fsp3) is 0.917. The van der Waals surface area contributed by atoms with E-state index in [9.17, 15) is 4.79 Å². The zero-order chi connectivity index (χ0) is 11.6. The summed E-state index contributed by atoms with van der Waals surface area (Å²) in [4.78, 5) is 11.8. The Morgan fingerprint density at radius 1 is 1.50 bits per heavy atom. The van der Waals surface area contributed by atoms with Crippen LogP contribution in [0.4, 0.5) is 0 Å². The van der Waals surface area contributed by atoms with Crippen molar-refractivity contribution in [3.63, 3.8) is 0 Å². The highest BCUT2D eigenvalue weighted by Gasteiger charge is 2.48. The molecule has 0 aromatic heterocycles. The SMILES string of the molecule is COC(=O)[C@@](C)(NC[C@@H]1CCOC1)C1CC1. The maximum atomic E-state index is 11.8. The first kappa shape index (κ1) is 11.9. The van der Waals surface area contributed by atoms with Crippen LogP contribution < -0.4 is 5.32 Å². The molecule has 1 saturated carbocycles. The van der Waals surface area contributed by atoms with E-state index in [0.29, 0.717) is 11.8 Å². The Kier molecular flexibility index (Phi) is 3.50. The molecule has 4 heteroatoms. The van der Waals surface area contributed by atoms with Gasteiger partial charge in [-0.25, -0.2) is 0 Å². The van der Waals surface area contributed by atoms with Crippen molar-refractivity contribution in [3.05, 3.63) is 0 Å². The molecular weight excluding hydrogens is 206 g/mol.